The summed E-state index contributed by atoms with van der Waals surface area (Å²) in [7, 11) is 0. The highest BCUT2D eigenvalue weighted by Crippen LogP contribution is 2.51. The van der Waals surface area contributed by atoms with Crippen LogP contribution in [0.2, 0.25) is 0 Å². The van der Waals surface area contributed by atoms with Crippen LogP contribution in [0.3, 0.4) is 0 Å². The van der Waals surface area contributed by atoms with Gasteiger partial charge in [-0.05, 0) is 80.9 Å². The van der Waals surface area contributed by atoms with Gasteiger partial charge in [0.2, 0.25) is 0 Å². The zero-order chi connectivity index (χ0) is 37.9. The van der Waals surface area contributed by atoms with Crippen molar-refractivity contribution in [3.63, 3.8) is 0 Å². The highest BCUT2D eigenvalue weighted by Gasteiger charge is 2.33. The summed E-state index contributed by atoms with van der Waals surface area (Å²) in [6.07, 6.45) is 6.77. The number of allylic oxidation sites excluding steroid dienone is 3. The molecule has 0 spiro atoms. The van der Waals surface area contributed by atoms with E-state index in [0.29, 0.717) is 5.25 Å². The topological polar surface area (TPSA) is 50.1 Å². The second-order valence-electron chi connectivity index (χ2n) is 15.0. The van der Waals surface area contributed by atoms with E-state index < -0.39 is 0 Å². The number of fused-ring (bicyclic) bond motifs is 9. The Morgan fingerprint density at radius 3 is 2.19 bits per heavy atom. The Hall–Kier alpha value is -5.31. The second-order valence-corrected chi connectivity index (χ2v) is 18.4. The van der Waals surface area contributed by atoms with Crippen LogP contribution >= 0.6 is 34.4 Å². The molecule has 1 aliphatic carbocycles. The van der Waals surface area contributed by atoms with E-state index in [-0.39, 0.29) is 18.2 Å². The van der Waals surface area contributed by atoms with Crippen LogP contribution in [-0.2, 0) is 6.54 Å². The number of hydrogen-bond donors (Lipinski definition) is 3. The van der Waals surface area contributed by atoms with Crippen molar-refractivity contribution in [2.45, 2.75) is 34.9 Å². The number of nitrogens with one attached hydrogen (secondary N) is 2. The van der Waals surface area contributed by atoms with Gasteiger partial charge in [0.05, 0.1) is 12.3 Å². The monoisotopic (exact) mass is 789 g/mol. The van der Waals surface area contributed by atoms with Crippen LogP contribution in [0.5, 0.6) is 0 Å². The minimum Gasteiger partial charge on any atom is -0.312 e. The van der Waals surface area contributed by atoms with Crippen LogP contribution in [0, 0.1) is 0 Å². The first-order chi connectivity index (χ1) is 28.1. The van der Waals surface area contributed by atoms with Crippen molar-refractivity contribution < 1.29 is 0 Å². The number of thiophene rings is 2. The van der Waals surface area contributed by atoms with Gasteiger partial charge in [-0.2, -0.15) is 0 Å². The lowest BCUT2D eigenvalue weighted by atomic mass is 9.86. The predicted molar refractivity (Wildman–Crippen MR) is 246 cm³/mol. The Kier molecular flexibility index (Phi) is 8.92. The maximum atomic E-state index is 6.97. The first-order valence-electron chi connectivity index (χ1n) is 19.5. The molecule has 9 aromatic rings. The van der Waals surface area contributed by atoms with Gasteiger partial charge in [0.1, 0.15) is 0 Å². The fourth-order valence-electron chi connectivity index (χ4n) is 8.62. The van der Waals surface area contributed by atoms with Crippen molar-refractivity contribution in [1.29, 1.82) is 0 Å². The minimum atomic E-state index is -0.346. The van der Waals surface area contributed by atoms with Crippen molar-refractivity contribution in [1.82, 2.24) is 10.6 Å². The van der Waals surface area contributed by atoms with Crippen LogP contribution in [-0.4, -0.2) is 5.25 Å². The molecule has 2 aromatic heterocycles. The maximum Gasteiger partial charge on any atom is 0.0852 e. The van der Waals surface area contributed by atoms with E-state index in [1.54, 1.807) is 0 Å². The Bertz CT molecular complexity index is 3020. The van der Waals surface area contributed by atoms with Crippen LogP contribution in [0.25, 0.3) is 57.0 Å². The molecule has 4 atom stereocenters. The molecule has 276 valence electrons. The molecule has 2 aliphatic rings. The summed E-state index contributed by atoms with van der Waals surface area (Å²) in [5.41, 5.74) is 16.9. The minimum absolute atomic E-state index is 0.106. The molecule has 11 rings (SSSR count). The molecule has 0 radical (unpaired) electrons. The smallest absolute Gasteiger partial charge is 0.0852 e. The molecule has 0 saturated heterocycles. The van der Waals surface area contributed by atoms with Crippen molar-refractivity contribution in [2.75, 3.05) is 0 Å². The summed E-state index contributed by atoms with van der Waals surface area (Å²) >= 11 is 5.74. The van der Waals surface area contributed by atoms with Gasteiger partial charge in [0.25, 0.3) is 0 Å². The van der Waals surface area contributed by atoms with Gasteiger partial charge in [-0.25, -0.2) is 0 Å². The summed E-state index contributed by atoms with van der Waals surface area (Å²) in [5.74, 6) is 0.280. The molecule has 3 heterocycles. The quantitative estimate of drug-likeness (QED) is 0.128. The van der Waals surface area contributed by atoms with Crippen molar-refractivity contribution in [3.8, 4) is 11.1 Å². The van der Waals surface area contributed by atoms with Crippen molar-refractivity contribution in [3.05, 3.63) is 204 Å². The van der Waals surface area contributed by atoms with Gasteiger partial charge in [-0.15, -0.1) is 34.4 Å². The van der Waals surface area contributed by atoms with Gasteiger partial charge >= 0.3 is 0 Å². The van der Waals surface area contributed by atoms with Gasteiger partial charge < -0.3 is 5.73 Å². The molecule has 57 heavy (non-hydrogen) atoms. The fourth-order valence-corrected chi connectivity index (χ4v) is 12.2. The average molecular weight is 790 g/mol. The van der Waals surface area contributed by atoms with Gasteiger partial charge in [-0.1, -0.05) is 140 Å². The summed E-state index contributed by atoms with van der Waals surface area (Å²) in [6.45, 7) is 0.738. The summed E-state index contributed by atoms with van der Waals surface area (Å²) in [4.78, 5) is 1.34. The number of nitrogens with two attached hydrogens (primary N) is 1. The molecular formula is C51H39N3S3. The van der Waals surface area contributed by atoms with E-state index >= 15 is 0 Å². The third kappa shape index (κ3) is 6.43. The van der Waals surface area contributed by atoms with E-state index in [2.05, 4.69) is 187 Å². The molecule has 4 unspecified atom stereocenters. The lowest BCUT2D eigenvalue weighted by Gasteiger charge is -2.26. The second kappa shape index (κ2) is 14.6. The van der Waals surface area contributed by atoms with E-state index in [4.69, 9.17) is 5.73 Å². The lowest BCUT2D eigenvalue weighted by Crippen LogP contribution is -2.39. The SMILES string of the molecule is NC(NC(NCc1ccccc1)c1ccccc1)c1ccc2c(c1)C1C=C(c3ccc4sc5c(-c6ccc7sc8ccccc8c7c6)cccc5c4c3)C=CC1S2. The van der Waals surface area contributed by atoms with Crippen molar-refractivity contribution in [2.24, 2.45) is 5.73 Å². The number of benzene rings is 7. The van der Waals surface area contributed by atoms with E-state index in [1.165, 1.54) is 78.6 Å². The van der Waals surface area contributed by atoms with Gasteiger partial charge in [0, 0.05) is 63.0 Å². The van der Waals surface area contributed by atoms with Crippen LogP contribution in [0.1, 0.15) is 46.1 Å². The van der Waals surface area contributed by atoms with Crippen molar-refractivity contribution >= 4 is 80.4 Å². The molecule has 6 heteroatoms. The Morgan fingerprint density at radius 1 is 0.596 bits per heavy atom. The third-order valence-corrected chi connectivity index (χ3v) is 15.3. The third-order valence-electron chi connectivity index (χ3n) is 11.5. The van der Waals surface area contributed by atoms with Crippen LogP contribution in [0.15, 0.2) is 181 Å². The Labute approximate surface area is 344 Å². The zero-order valence-electron chi connectivity index (χ0n) is 31.1. The van der Waals surface area contributed by atoms with Crippen LogP contribution in [0.4, 0.5) is 0 Å². The van der Waals surface area contributed by atoms with E-state index in [1.807, 2.05) is 34.4 Å². The fraction of sp³-hybridized carbons (Fsp3) is 0.0980. The first-order valence-corrected chi connectivity index (χ1v) is 22.1. The molecule has 0 amide bonds. The zero-order valence-corrected chi connectivity index (χ0v) is 33.5. The van der Waals surface area contributed by atoms with Crippen LogP contribution < -0.4 is 16.4 Å². The number of rotatable bonds is 9. The van der Waals surface area contributed by atoms with Gasteiger partial charge in [0.15, 0.2) is 0 Å². The number of hydrogen-bond acceptors (Lipinski definition) is 6. The normalized spacial score (nSPS) is 17.2. The van der Waals surface area contributed by atoms with E-state index in [0.717, 1.165) is 17.7 Å². The summed E-state index contributed by atoms with van der Waals surface area (Å²) in [6, 6.07) is 57.4. The molecule has 1 aliphatic heterocycles. The lowest BCUT2D eigenvalue weighted by molar-refractivity contribution is 0.385. The Morgan fingerprint density at radius 2 is 1.32 bits per heavy atom. The predicted octanol–water partition coefficient (Wildman–Crippen LogP) is 13.3. The average Bonchev–Trinajstić information content (AvgIpc) is 3.96. The number of thioether (sulfide) groups is 1. The molecule has 0 saturated carbocycles. The van der Waals surface area contributed by atoms with E-state index in [9.17, 15) is 0 Å². The highest BCUT2D eigenvalue weighted by molar-refractivity contribution is 8.00. The van der Waals surface area contributed by atoms with Gasteiger partial charge in [-0.3, -0.25) is 10.6 Å². The Balaban J connectivity index is 0.885. The molecule has 3 nitrogen and oxygen atoms in total. The largest absolute Gasteiger partial charge is 0.312 e. The highest BCUT2D eigenvalue weighted by atomic mass is 32.2. The first kappa shape index (κ1) is 34.9. The molecule has 4 N–H and O–H groups in total. The molecular weight excluding hydrogens is 751 g/mol. The molecule has 7 aromatic carbocycles. The summed E-state index contributed by atoms with van der Waals surface area (Å²) < 4.78 is 5.35. The standard InChI is InChI=1S/C51H39N3S3/c52-50(54-51(32-12-5-2-6-13-32)53-30-31-10-3-1-4-11-31)36-21-25-47-43(29-36)42-27-34(18-22-46(42)56-47)33-19-23-48-41(26-33)39-16-9-15-37(49(39)57-48)35-20-24-45-40(28-35)38-14-7-8-17-44(38)55-45/h1-29,42,46,50-51,53-54H,30,52H2. The molecule has 0 fully saturated rings. The summed E-state index contributed by atoms with van der Waals surface area (Å²) in [5, 5.41) is 13.1. The maximum absolute atomic E-state index is 6.97. The molecule has 0 bridgehead atoms.